The van der Waals surface area contributed by atoms with E-state index in [1.807, 2.05) is 18.2 Å². The number of sulfonamides is 1. The van der Waals surface area contributed by atoms with Crippen LogP contribution in [0.25, 0.3) is 0 Å². The van der Waals surface area contributed by atoms with Gasteiger partial charge in [0, 0.05) is 23.4 Å². The van der Waals surface area contributed by atoms with Gasteiger partial charge in [-0.15, -0.1) is 0 Å². The highest BCUT2D eigenvalue weighted by Crippen LogP contribution is 2.23. The highest BCUT2D eigenvalue weighted by Gasteiger charge is 2.20. The smallest absolute Gasteiger partial charge is 0.265 e. The molecule has 0 aliphatic rings. The van der Waals surface area contributed by atoms with Gasteiger partial charge in [-0.1, -0.05) is 12.1 Å². The Labute approximate surface area is 167 Å². The summed E-state index contributed by atoms with van der Waals surface area (Å²) in [5.41, 5.74) is 1.20. The number of anilines is 1. The number of hydrogen-bond donors (Lipinski definition) is 1. The van der Waals surface area contributed by atoms with E-state index in [-0.39, 0.29) is 10.8 Å². The first-order valence-corrected chi connectivity index (χ1v) is 10.4. The lowest BCUT2D eigenvalue weighted by molar-refractivity contribution is -0.122. The summed E-state index contributed by atoms with van der Waals surface area (Å²) in [6.45, 7) is 3.44. The molecule has 0 bridgehead atoms. The summed E-state index contributed by atoms with van der Waals surface area (Å²) in [7, 11) is -0.650. The molecule has 0 fully saturated rings. The van der Waals surface area contributed by atoms with Crippen molar-refractivity contribution in [2.45, 2.75) is 24.8 Å². The number of rotatable bonds is 6. The van der Waals surface area contributed by atoms with Crippen LogP contribution in [0.2, 0.25) is 0 Å². The molecular formula is C18H21IN2O4S. The van der Waals surface area contributed by atoms with E-state index in [0.29, 0.717) is 11.4 Å². The number of carbonyl (C=O) groups is 1. The maximum Gasteiger partial charge on any atom is 0.265 e. The first kappa shape index (κ1) is 20.7. The predicted molar refractivity (Wildman–Crippen MR) is 110 cm³/mol. The van der Waals surface area contributed by atoms with Gasteiger partial charge in [0.25, 0.3) is 5.91 Å². The minimum Gasteiger partial charge on any atom is -0.481 e. The Morgan fingerprint density at radius 2 is 1.88 bits per heavy atom. The van der Waals surface area contributed by atoms with Crippen LogP contribution >= 0.6 is 22.6 Å². The zero-order chi connectivity index (χ0) is 19.5. The second-order valence-corrected chi connectivity index (χ2v) is 9.37. The highest BCUT2D eigenvalue weighted by atomic mass is 127. The van der Waals surface area contributed by atoms with Crippen molar-refractivity contribution in [3.8, 4) is 5.75 Å². The minimum atomic E-state index is -3.58. The summed E-state index contributed by atoms with van der Waals surface area (Å²) in [5, 5.41) is 2.75. The molecule has 0 saturated carbocycles. The summed E-state index contributed by atoms with van der Waals surface area (Å²) in [4.78, 5) is 12.6. The lowest BCUT2D eigenvalue weighted by atomic mass is 10.2. The SMILES string of the molecule is Cc1ccc(S(=O)(=O)N(C)C)cc1NC(=O)C(C)Oc1cccc(I)c1. The molecule has 140 valence electrons. The van der Waals surface area contributed by atoms with E-state index < -0.39 is 16.1 Å². The third kappa shape index (κ3) is 4.95. The number of aryl methyl sites for hydroxylation is 1. The number of halogens is 1. The zero-order valence-corrected chi connectivity index (χ0v) is 18.0. The Hall–Kier alpha value is -1.65. The largest absolute Gasteiger partial charge is 0.481 e. The van der Waals surface area contributed by atoms with Crippen LogP contribution in [-0.4, -0.2) is 38.8 Å². The lowest BCUT2D eigenvalue weighted by Crippen LogP contribution is -2.30. The second kappa shape index (κ2) is 8.36. The average molecular weight is 488 g/mol. The van der Waals surface area contributed by atoms with E-state index in [1.165, 1.54) is 26.2 Å². The molecule has 8 heteroatoms. The molecule has 0 radical (unpaired) electrons. The van der Waals surface area contributed by atoms with Crippen molar-refractivity contribution in [2.75, 3.05) is 19.4 Å². The third-order valence-electron chi connectivity index (χ3n) is 3.72. The normalized spacial score (nSPS) is 12.7. The van der Waals surface area contributed by atoms with E-state index in [9.17, 15) is 13.2 Å². The monoisotopic (exact) mass is 488 g/mol. The van der Waals surface area contributed by atoms with Crippen molar-refractivity contribution in [3.05, 3.63) is 51.6 Å². The van der Waals surface area contributed by atoms with Gasteiger partial charge in [-0.3, -0.25) is 4.79 Å². The molecule has 1 N–H and O–H groups in total. The minimum absolute atomic E-state index is 0.120. The van der Waals surface area contributed by atoms with E-state index in [1.54, 1.807) is 26.0 Å². The van der Waals surface area contributed by atoms with Crippen LogP contribution in [0.1, 0.15) is 12.5 Å². The first-order valence-electron chi connectivity index (χ1n) is 7.87. The number of nitrogens with one attached hydrogen (secondary N) is 1. The van der Waals surface area contributed by atoms with Crippen molar-refractivity contribution in [3.63, 3.8) is 0 Å². The molecule has 6 nitrogen and oxygen atoms in total. The molecule has 1 amide bonds. The van der Waals surface area contributed by atoms with Gasteiger partial charge >= 0.3 is 0 Å². The molecular weight excluding hydrogens is 467 g/mol. The van der Waals surface area contributed by atoms with E-state index in [0.717, 1.165) is 13.4 Å². The van der Waals surface area contributed by atoms with Gasteiger partial charge in [0.15, 0.2) is 6.10 Å². The summed E-state index contributed by atoms with van der Waals surface area (Å²) >= 11 is 2.17. The fourth-order valence-electron chi connectivity index (χ4n) is 2.14. The average Bonchev–Trinajstić information content (AvgIpc) is 2.56. The van der Waals surface area contributed by atoms with Gasteiger partial charge in [0.1, 0.15) is 5.75 Å². The fraction of sp³-hybridized carbons (Fsp3) is 0.278. The predicted octanol–water partition coefficient (Wildman–Crippen LogP) is 3.26. The summed E-state index contributed by atoms with van der Waals surface area (Å²) in [5.74, 6) is 0.242. The van der Waals surface area contributed by atoms with Crippen LogP contribution in [0.4, 0.5) is 5.69 Å². The number of carbonyl (C=O) groups excluding carboxylic acids is 1. The number of ether oxygens (including phenoxy) is 1. The Bertz CT molecular complexity index is 913. The molecule has 0 aliphatic carbocycles. The molecule has 0 aliphatic heterocycles. The van der Waals surface area contributed by atoms with Crippen LogP contribution in [0.3, 0.4) is 0 Å². The zero-order valence-electron chi connectivity index (χ0n) is 15.0. The van der Waals surface area contributed by atoms with Crippen LogP contribution < -0.4 is 10.1 Å². The van der Waals surface area contributed by atoms with Gasteiger partial charge in [-0.05, 0) is 72.3 Å². The first-order chi connectivity index (χ1) is 12.1. The van der Waals surface area contributed by atoms with Gasteiger partial charge in [-0.25, -0.2) is 12.7 Å². The topological polar surface area (TPSA) is 75.7 Å². The van der Waals surface area contributed by atoms with Gasteiger partial charge in [0.2, 0.25) is 10.0 Å². The quantitative estimate of drug-likeness (QED) is 0.634. The standard InChI is InChI=1S/C18H21IN2O4S/c1-12-8-9-16(26(23,24)21(3)4)11-17(12)20-18(22)13(2)25-15-7-5-6-14(19)10-15/h5-11,13H,1-4H3,(H,20,22). The van der Waals surface area contributed by atoms with Crippen LogP contribution in [-0.2, 0) is 14.8 Å². The second-order valence-electron chi connectivity index (χ2n) is 5.97. The van der Waals surface area contributed by atoms with E-state index >= 15 is 0 Å². The Kier molecular flexibility index (Phi) is 6.64. The fourth-order valence-corrected chi connectivity index (χ4v) is 3.58. The molecule has 0 spiro atoms. The maximum atomic E-state index is 12.5. The van der Waals surface area contributed by atoms with Crippen molar-refractivity contribution in [1.82, 2.24) is 4.31 Å². The maximum absolute atomic E-state index is 12.5. The number of amides is 1. The third-order valence-corrected chi connectivity index (χ3v) is 6.21. The number of hydrogen-bond acceptors (Lipinski definition) is 4. The van der Waals surface area contributed by atoms with Crippen molar-refractivity contribution in [2.24, 2.45) is 0 Å². The Balaban J connectivity index is 2.18. The Morgan fingerprint density at radius 3 is 2.50 bits per heavy atom. The number of nitrogens with zero attached hydrogens (tertiary/aromatic N) is 1. The van der Waals surface area contributed by atoms with Gasteiger partial charge < -0.3 is 10.1 Å². The Morgan fingerprint density at radius 1 is 1.19 bits per heavy atom. The van der Waals surface area contributed by atoms with Crippen molar-refractivity contribution >= 4 is 44.2 Å². The molecule has 2 aromatic rings. The van der Waals surface area contributed by atoms with Gasteiger partial charge in [0.05, 0.1) is 4.90 Å². The van der Waals surface area contributed by atoms with E-state index in [4.69, 9.17) is 4.74 Å². The van der Waals surface area contributed by atoms with E-state index in [2.05, 4.69) is 27.9 Å². The molecule has 1 unspecified atom stereocenters. The molecule has 2 aromatic carbocycles. The molecule has 0 saturated heterocycles. The molecule has 0 aromatic heterocycles. The summed E-state index contributed by atoms with van der Waals surface area (Å²) in [6.07, 6.45) is -0.735. The number of benzene rings is 2. The van der Waals surface area contributed by atoms with Crippen LogP contribution in [0.5, 0.6) is 5.75 Å². The van der Waals surface area contributed by atoms with Crippen molar-refractivity contribution in [1.29, 1.82) is 0 Å². The molecule has 26 heavy (non-hydrogen) atoms. The van der Waals surface area contributed by atoms with Crippen molar-refractivity contribution < 1.29 is 17.9 Å². The van der Waals surface area contributed by atoms with Gasteiger partial charge in [-0.2, -0.15) is 0 Å². The molecule has 0 heterocycles. The summed E-state index contributed by atoms with van der Waals surface area (Å²) in [6, 6.07) is 12.0. The van der Waals surface area contributed by atoms with Crippen LogP contribution in [0.15, 0.2) is 47.4 Å². The van der Waals surface area contributed by atoms with Crippen LogP contribution in [0, 0.1) is 10.5 Å². The molecule has 2 rings (SSSR count). The highest BCUT2D eigenvalue weighted by molar-refractivity contribution is 14.1. The lowest BCUT2D eigenvalue weighted by Gasteiger charge is -2.17. The summed E-state index contributed by atoms with van der Waals surface area (Å²) < 4.78 is 32.3. The molecule has 1 atom stereocenters.